The first-order valence-corrected chi connectivity index (χ1v) is 10.4. The number of likely N-dealkylation sites (tertiary alicyclic amines) is 1. The maximum Gasteiger partial charge on any atom is 0.312 e. The molecule has 28 heavy (non-hydrogen) atoms. The van der Waals surface area contributed by atoms with E-state index in [1.54, 1.807) is 10.8 Å². The third kappa shape index (κ3) is 2.85. The third-order valence-electron chi connectivity index (χ3n) is 6.92. The van der Waals surface area contributed by atoms with Gasteiger partial charge in [0.05, 0.1) is 16.8 Å². The van der Waals surface area contributed by atoms with Crippen molar-refractivity contribution in [2.45, 2.75) is 52.1 Å². The number of aromatic nitrogens is 4. The fourth-order valence-electron chi connectivity index (χ4n) is 5.17. The Bertz CT molecular complexity index is 895. The second-order valence-electron chi connectivity index (χ2n) is 8.66. The second-order valence-corrected chi connectivity index (χ2v) is 8.66. The number of carbonyl (C=O) groups excluding carboxylic acids is 1. The number of anilines is 1. The number of carbonyl (C=O) groups is 1. The molecule has 2 aromatic heterocycles. The van der Waals surface area contributed by atoms with Crippen LogP contribution in [-0.2, 0) is 9.53 Å². The lowest BCUT2D eigenvalue weighted by Crippen LogP contribution is -2.43. The molecule has 150 valence electrons. The molecule has 0 aliphatic carbocycles. The van der Waals surface area contributed by atoms with Gasteiger partial charge in [0.25, 0.3) is 0 Å². The van der Waals surface area contributed by atoms with Crippen LogP contribution in [0, 0.1) is 19.3 Å². The van der Waals surface area contributed by atoms with Crippen molar-refractivity contribution in [3.05, 3.63) is 17.6 Å². The number of piperidine rings is 1. The maximum atomic E-state index is 12.8. The van der Waals surface area contributed by atoms with E-state index in [9.17, 15) is 4.79 Å². The Morgan fingerprint density at radius 3 is 2.68 bits per heavy atom. The Labute approximate surface area is 164 Å². The van der Waals surface area contributed by atoms with Crippen LogP contribution in [0.3, 0.4) is 0 Å². The molecule has 2 aromatic rings. The van der Waals surface area contributed by atoms with Gasteiger partial charge >= 0.3 is 5.97 Å². The second kappa shape index (κ2) is 6.69. The summed E-state index contributed by atoms with van der Waals surface area (Å²) in [5.41, 5.74) is 3.70. The van der Waals surface area contributed by atoms with Crippen molar-refractivity contribution in [1.29, 1.82) is 0 Å². The van der Waals surface area contributed by atoms with Gasteiger partial charge in [-0.1, -0.05) is 0 Å². The molecule has 1 atom stereocenters. The summed E-state index contributed by atoms with van der Waals surface area (Å²) in [7, 11) is 0. The van der Waals surface area contributed by atoms with Crippen LogP contribution in [0.5, 0.6) is 0 Å². The monoisotopic (exact) mass is 384 g/mol. The Hall–Kier alpha value is -2.22. The zero-order chi connectivity index (χ0) is 19.3. The molecule has 0 radical (unpaired) electrons. The first-order valence-electron chi connectivity index (χ1n) is 10.4. The van der Waals surface area contributed by atoms with Gasteiger partial charge in [0.15, 0.2) is 0 Å². The number of aryl methyl sites for hydroxylation is 1. The molecular weight excluding hydrogens is 356 g/mol. The van der Waals surface area contributed by atoms with Crippen LogP contribution in [-0.4, -0.2) is 69.5 Å². The smallest absolute Gasteiger partial charge is 0.312 e. The highest BCUT2D eigenvalue weighted by atomic mass is 16.6. The van der Waals surface area contributed by atoms with Gasteiger partial charge in [-0.3, -0.25) is 9.69 Å². The SMILES string of the molecule is Cc1nn2cnnc2c(N2CCC3(CC2)CC(CN2CCCC2)OC3=O)c1C. The number of hydrogen-bond acceptors (Lipinski definition) is 7. The average Bonchev–Trinajstić information content (AvgIpc) is 3.40. The van der Waals surface area contributed by atoms with Gasteiger partial charge in [-0.25, -0.2) is 0 Å². The van der Waals surface area contributed by atoms with Crippen LogP contribution >= 0.6 is 0 Å². The summed E-state index contributed by atoms with van der Waals surface area (Å²) in [6, 6.07) is 0. The van der Waals surface area contributed by atoms with E-state index in [4.69, 9.17) is 4.74 Å². The highest BCUT2D eigenvalue weighted by Crippen LogP contribution is 2.44. The Kier molecular flexibility index (Phi) is 4.26. The maximum absolute atomic E-state index is 12.8. The van der Waals surface area contributed by atoms with Crippen molar-refractivity contribution in [1.82, 2.24) is 24.7 Å². The van der Waals surface area contributed by atoms with E-state index in [1.807, 2.05) is 6.92 Å². The summed E-state index contributed by atoms with van der Waals surface area (Å²) in [5, 5.41) is 12.8. The third-order valence-corrected chi connectivity index (χ3v) is 6.92. The summed E-state index contributed by atoms with van der Waals surface area (Å²) in [6.07, 6.45) is 6.78. The number of nitrogens with zero attached hydrogens (tertiary/aromatic N) is 6. The number of fused-ring (bicyclic) bond motifs is 1. The van der Waals surface area contributed by atoms with E-state index in [0.717, 1.165) is 74.6 Å². The molecule has 5 rings (SSSR count). The number of rotatable bonds is 3. The van der Waals surface area contributed by atoms with Gasteiger partial charge < -0.3 is 9.64 Å². The van der Waals surface area contributed by atoms with Crippen molar-refractivity contribution >= 4 is 17.3 Å². The lowest BCUT2D eigenvalue weighted by molar-refractivity contribution is -0.150. The summed E-state index contributed by atoms with van der Waals surface area (Å²) >= 11 is 0. The summed E-state index contributed by atoms with van der Waals surface area (Å²) in [6.45, 7) is 8.96. The Morgan fingerprint density at radius 1 is 1.18 bits per heavy atom. The molecule has 3 saturated heterocycles. The highest BCUT2D eigenvalue weighted by molar-refractivity contribution is 5.80. The van der Waals surface area contributed by atoms with Crippen molar-refractivity contribution in [3.8, 4) is 0 Å². The minimum Gasteiger partial charge on any atom is -0.461 e. The van der Waals surface area contributed by atoms with Crippen molar-refractivity contribution in [2.75, 3.05) is 37.6 Å². The van der Waals surface area contributed by atoms with Crippen molar-refractivity contribution in [3.63, 3.8) is 0 Å². The van der Waals surface area contributed by atoms with E-state index in [0.29, 0.717) is 0 Å². The molecule has 3 aliphatic rings. The van der Waals surface area contributed by atoms with Crippen LogP contribution in [0.15, 0.2) is 6.33 Å². The van der Waals surface area contributed by atoms with E-state index in [2.05, 4.69) is 32.0 Å². The molecule has 1 spiro atoms. The molecule has 3 fully saturated rings. The Morgan fingerprint density at radius 2 is 1.93 bits per heavy atom. The molecule has 5 heterocycles. The first kappa shape index (κ1) is 17.8. The zero-order valence-corrected chi connectivity index (χ0v) is 16.7. The molecule has 1 unspecified atom stereocenters. The van der Waals surface area contributed by atoms with Gasteiger partial charge in [0, 0.05) is 26.1 Å². The van der Waals surface area contributed by atoms with Gasteiger partial charge in [-0.15, -0.1) is 10.2 Å². The number of ether oxygens (including phenoxy) is 1. The number of esters is 1. The van der Waals surface area contributed by atoms with Gasteiger partial charge in [-0.2, -0.15) is 9.61 Å². The predicted molar refractivity (Wildman–Crippen MR) is 104 cm³/mol. The largest absolute Gasteiger partial charge is 0.461 e. The summed E-state index contributed by atoms with van der Waals surface area (Å²) < 4.78 is 7.57. The molecule has 0 amide bonds. The lowest BCUT2D eigenvalue weighted by Gasteiger charge is -2.38. The molecule has 8 nitrogen and oxygen atoms in total. The highest BCUT2D eigenvalue weighted by Gasteiger charge is 2.51. The van der Waals surface area contributed by atoms with E-state index in [-0.39, 0.29) is 17.5 Å². The van der Waals surface area contributed by atoms with E-state index < -0.39 is 0 Å². The minimum absolute atomic E-state index is 0.0200. The van der Waals surface area contributed by atoms with Crippen molar-refractivity contribution < 1.29 is 9.53 Å². The molecule has 0 aromatic carbocycles. The number of hydrogen-bond donors (Lipinski definition) is 0. The summed E-state index contributed by atoms with van der Waals surface area (Å²) in [5.74, 6) is 0.0200. The molecule has 0 bridgehead atoms. The minimum atomic E-state index is -0.305. The van der Waals surface area contributed by atoms with Crippen LogP contribution in [0.4, 0.5) is 5.69 Å². The van der Waals surface area contributed by atoms with Crippen LogP contribution in [0.25, 0.3) is 5.65 Å². The fourth-order valence-corrected chi connectivity index (χ4v) is 5.17. The predicted octanol–water partition coefficient (Wildman–Crippen LogP) is 1.74. The number of cyclic esters (lactones) is 1. The van der Waals surface area contributed by atoms with E-state index >= 15 is 0 Å². The molecular formula is C20H28N6O2. The van der Waals surface area contributed by atoms with E-state index in [1.165, 1.54) is 12.8 Å². The topological polar surface area (TPSA) is 75.9 Å². The van der Waals surface area contributed by atoms with Gasteiger partial charge in [-0.05, 0) is 58.2 Å². The quantitative estimate of drug-likeness (QED) is 0.746. The van der Waals surface area contributed by atoms with Crippen LogP contribution in [0.1, 0.15) is 43.4 Å². The first-order chi connectivity index (χ1) is 13.6. The van der Waals surface area contributed by atoms with Crippen LogP contribution in [0.2, 0.25) is 0 Å². The molecule has 8 heteroatoms. The Balaban J connectivity index is 1.32. The molecule has 0 N–H and O–H groups in total. The summed E-state index contributed by atoms with van der Waals surface area (Å²) in [4.78, 5) is 17.6. The standard InChI is InChI=1S/C20H28N6O2/c1-14-15(2)23-26-13-21-22-18(26)17(14)25-9-5-20(6-10-25)11-16(28-19(20)27)12-24-7-3-4-8-24/h13,16H,3-12H2,1-2H3. The van der Waals surface area contributed by atoms with Gasteiger partial charge in [0.2, 0.25) is 5.65 Å². The van der Waals surface area contributed by atoms with Gasteiger partial charge in [0.1, 0.15) is 12.4 Å². The van der Waals surface area contributed by atoms with Crippen LogP contribution < -0.4 is 4.90 Å². The zero-order valence-electron chi connectivity index (χ0n) is 16.7. The fraction of sp³-hybridized carbons (Fsp3) is 0.700. The van der Waals surface area contributed by atoms with Crippen molar-refractivity contribution in [2.24, 2.45) is 5.41 Å². The lowest BCUT2D eigenvalue weighted by atomic mass is 9.76. The molecule has 0 saturated carbocycles. The average molecular weight is 384 g/mol. The normalized spacial score (nSPS) is 25.1. The molecule has 3 aliphatic heterocycles.